The second kappa shape index (κ2) is 6.62. The van der Waals surface area contributed by atoms with E-state index in [0.29, 0.717) is 12.1 Å². The van der Waals surface area contributed by atoms with E-state index in [2.05, 4.69) is 12.2 Å². The van der Waals surface area contributed by atoms with Gasteiger partial charge in [-0.1, -0.05) is 25.1 Å². The lowest BCUT2D eigenvalue weighted by molar-refractivity contribution is 0.617. The first-order valence-corrected chi connectivity index (χ1v) is 6.88. The summed E-state index contributed by atoms with van der Waals surface area (Å²) in [4.78, 5) is 0. The van der Waals surface area contributed by atoms with Crippen molar-refractivity contribution in [3.8, 4) is 11.1 Å². The highest BCUT2D eigenvalue weighted by molar-refractivity contribution is 5.70. The quantitative estimate of drug-likeness (QED) is 0.795. The van der Waals surface area contributed by atoms with Crippen LogP contribution < -0.4 is 5.32 Å². The fourth-order valence-electron chi connectivity index (χ4n) is 2.25. The first kappa shape index (κ1) is 14.7. The predicted molar refractivity (Wildman–Crippen MR) is 78.5 cm³/mol. The summed E-state index contributed by atoms with van der Waals surface area (Å²) in [6.07, 6.45) is 1.04. The second-order valence-corrected chi connectivity index (χ2v) is 4.89. The summed E-state index contributed by atoms with van der Waals surface area (Å²) in [5, 5.41) is 3.30. The lowest BCUT2D eigenvalue weighted by atomic mass is 9.95. The molecule has 0 atom stereocenters. The van der Waals surface area contributed by atoms with Crippen molar-refractivity contribution < 1.29 is 8.78 Å². The molecule has 0 heterocycles. The van der Waals surface area contributed by atoms with Crippen LogP contribution in [0.2, 0.25) is 0 Å². The van der Waals surface area contributed by atoms with Gasteiger partial charge in [-0.05, 0) is 60.3 Å². The van der Waals surface area contributed by atoms with Crippen LogP contribution in [0.5, 0.6) is 0 Å². The van der Waals surface area contributed by atoms with Gasteiger partial charge in [0.25, 0.3) is 0 Å². The first-order valence-electron chi connectivity index (χ1n) is 6.88. The van der Waals surface area contributed by atoms with E-state index in [1.54, 1.807) is 19.1 Å². The van der Waals surface area contributed by atoms with Gasteiger partial charge in [0.2, 0.25) is 0 Å². The number of halogens is 2. The molecule has 0 bridgehead atoms. The van der Waals surface area contributed by atoms with Crippen molar-refractivity contribution in [2.75, 3.05) is 6.54 Å². The maximum atomic E-state index is 13.7. The largest absolute Gasteiger partial charge is 0.313 e. The van der Waals surface area contributed by atoms with Crippen molar-refractivity contribution in [3.05, 3.63) is 59.2 Å². The molecule has 0 aromatic heterocycles. The molecule has 0 fully saturated rings. The van der Waals surface area contributed by atoms with Crippen LogP contribution in [-0.2, 0) is 6.54 Å². The molecule has 0 aliphatic rings. The fourth-order valence-corrected chi connectivity index (χ4v) is 2.25. The van der Waals surface area contributed by atoms with Gasteiger partial charge in [-0.2, -0.15) is 0 Å². The summed E-state index contributed by atoms with van der Waals surface area (Å²) in [5.74, 6) is -0.567. The van der Waals surface area contributed by atoms with E-state index < -0.39 is 0 Å². The van der Waals surface area contributed by atoms with Gasteiger partial charge in [0, 0.05) is 6.54 Å². The van der Waals surface area contributed by atoms with Gasteiger partial charge < -0.3 is 5.32 Å². The first-order chi connectivity index (χ1) is 9.63. The summed E-state index contributed by atoms with van der Waals surface area (Å²) >= 11 is 0. The molecule has 0 aliphatic heterocycles. The minimum absolute atomic E-state index is 0.265. The molecule has 2 rings (SSSR count). The molecule has 0 saturated carbocycles. The van der Waals surface area contributed by atoms with Gasteiger partial charge in [0.15, 0.2) is 0 Å². The summed E-state index contributed by atoms with van der Waals surface area (Å²) in [7, 11) is 0. The Bertz CT molecular complexity index is 594. The molecule has 1 N–H and O–H groups in total. The third-order valence-electron chi connectivity index (χ3n) is 3.37. The predicted octanol–water partition coefficient (Wildman–Crippen LogP) is 4.44. The minimum atomic E-state index is -0.303. The van der Waals surface area contributed by atoms with Gasteiger partial charge in [0.1, 0.15) is 11.6 Å². The molecular weight excluding hydrogens is 256 g/mol. The average molecular weight is 275 g/mol. The van der Waals surface area contributed by atoms with Crippen molar-refractivity contribution in [1.29, 1.82) is 0 Å². The molecule has 0 amide bonds. The van der Waals surface area contributed by atoms with E-state index in [1.165, 1.54) is 18.2 Å². The minimum Gasteiger partial charge on any atom is -0.313 e. The Hall–Kier alpha value is -1.74. The fraction of sp³-hybridized carbons (Fsp3) is 0.294. The zero-order chi connectivity index (χ0) is 14.5. The molecular formula is C17H19F2N. The maximum Gasteiger partial charge on any atom is 0.126 e. The Kier molecular flexibility index (Phi) is 4.85. The van der Waals surface area contributed by atoms with Crippen LogP contribution in [0.3, 0.4) is 0 Å². The van der Waals surface area contributed by atoms with E-state index in [-0.39, 0.29) is 11.6 Å². The van der Waals surface area contributed by atoms with Crippen LogP contribution >= 0.6 is 0 Å². The van der Waals surface area contributed by atoms with Gasteiger partial charge in [-0.15, -0.1) is 0 Å². The van der Waals surface area contributed by atoms with Crippen LogP contribution in [0.25, 0.3) is 11.1 Å². The number of nitrogens with one attached hydrogen (secondary N) is 1. The summed E-state index contributed by atoms with van der Waals surface area (Å²) in [5.41, 5.74) is 3.03. The molecule has 0 radical (unpaired) electrons. The summed E-state index contributed by atoms with van der Waals surface area (Å²) in [6, 6.07) is 9.60. The van der Waals surface area contributed by atoms with Crippen LogP contribution in [-0.4, -0.2) is 6.54 Å². The zero-order valence-corrected chi connectivity index (χ0v) is 11.8. The van der Waals surface area contributed by atoms with Crippen molar-refractivity contribution in [3.63, 3.8) is 0 Å². The molecule has 1 nitrogen and oxygen atoms in total. The van der Waals surface area contributed by atoms with Crippen LogP contribution in [0.4, 0.5) is 8.78 Å². The SMILES string of the molecule is CCCNCc1ccc(F)cc1-c1cccc(F)c1C. The smallest absolute Gasteiger partial charge is 0.126 e. The lowest BCUT2D eigenvalue weighted by Gasteiger charge is -2.13. The lowest BCUT2D eigenvalue weighted by Crippen LogP contribution is -2.14. The molecule has 3 heteroatoms. The van der Waals surface area contributed by atoms with E-state index in [1.807, 2.05) is 6.07 Å². The summed E-state index contributed by atoms with van der Waals surface area (Å²) in [6.45, 7) is 5.37. The molecule has 106 valence electrons. The number of hydrogen-bond acceptors (Lipinski definition) is 1. The molecule has 2 aromatic rings. The Labute approximate surface area is 118 Å². The normalized spacial score (nSPS) is 10.8. The molecule has 20 heavy (non-hydrogen) atoms. The zero-order valence-electron chi connectivity index (χ0n) is 11.8. The van der Waals surface area contributed by atoms with Crippen LogP contribution in [0.1, 0.15) is 24.5 Å². The molecule has 0 unspecified atom stereocenters. The highest BCUT2D eigenvalue weighted by Gasteiger charge is 2.11. The van der Waals surface area contributed by atoms with E-state index in [9.17, 15) is 8.78 Å². The van der Waals surface area contributed by atoms with Gasteiger partial charge >= 0.3 is 0 Å². The van der Waals surface area contributed by atoms with Crippen molar-refractivity contribution in [1.82, 2.24) is 5.32 Å². The molecule has 0 saturated heterocycles. The number of benzene rings is 2. The number of rotatable bonds is 5. The third-order valence-corrected chi connectivity index (χ3v) is 3.37. The highest BCUT2D eigenvalue weighted by Crippen LogP contribution is 2.29. The maximum absolute atomic E-state index is 13.7. The highest BCUT2D eigenvalue weighted by atomic mass is 19.1. The average Bonchev–Trinajstić information content (AvgIpc) is 2.44. The van der Waals surface area contributed by atoms with Crippen LogP contribution in [0, 0.1) is 18.6 Å². The van der Waals surface area contributed by atoms with E-state index >= 15 is 0 Å². The van der Waals surface area contributed by atoms with Gasteiger partial charge in [-0.3, -0.25) is 0 Å². The monoisotopic (exact) mass is 275 g/mol. The van der Waals surface area contributed by atoms with Crippen LogP contribution in [0.15, 0.2) is 36.4 Å². The number of hydrogen-bond donors (Lipinski definition) is 1. The van der Waals surface area contributed by atoms with E-state index in [4.69, 9.17) is 0 Å². The Morgan fingerprint density at radius 3 is 2.60 bits per heavy atom. The molecule has 2 aromatic carbocycles. The Balaban J connectivity index is 2.43. The topological polar surface area (TPSA) is 12.0 Å². The van der Waals surface area contributed by atoms with Gasteiger partial charge in [0.05, 0.1) is 0 Å². The van der Waals surface area contributed by atoms with Crippen molar-refractivity contribution in [2.45, 2.75) is 26.8 Å². The van der Waals surface area contributed by atoms with E-state index in [0.717, 1.165) is 29.7 Å². The molecule has 0 spiro atoms. The third kappa shape index (κ3) is 3.23. The van der Waals surface area contributed by atoms with Crippen molar-refractivity contribution in [2.24, 2.45) is 0 Å². The second-order valence-electron chi connectivity index (χ2n) is 4.89. The Morgan fingerprint density at radius 2 is 1.85 bits per heavy atom. The summed E-state index contributed by atoms with van der Waals surface area (Å²) < 4.78 is 27.2. The Morgan fingerprint density at radius 1 is 1.05 bits per heavy atom. The standard InChI is InChI=1S/C17H19F2N/c1-3-9-20-11-13-7-8-14(18)10-16(13)15-5-4-6-17(19)12(15)2/h4-8,10,20H,3,9,11H2,1-2H3. The van der Waals surface area contributed by atoms with Crippen molar-refractivity contribution >= 4 is 0 Å². The molecule has 0 aliphatic carbocycles. The van der Waals surface area contributed by atoms with Gasteiger partial charge in [-0.25, -0.2) is 8.78 Å².